The van der Waals surface area contributed by atoms with Crippen molar-refractivity contribution in [3.8, 4) is 0 Å². The van der Waals surface area contributed by atoms with E-state index >= 15 is 0 Å². The Balaban J connectivity index is 1.31. The van der Waals surface area contributed by atoms with Crippen molar-refractivity contribution in [2.75, 3.05) is 47.9 Å². The van der Waals surface area contributed by atoms with Crippen LogP contribution in [0.2, 0.25) is 0 Å². The van der Waals surface area contributed by atoms with Crippen molar-refractivity contribution >= 4 is 23.3 Å². The van der Waals surface area contributed by atoms with Crippen molar-refractivity contribution in [1.82, 2.24) is 15.0 Å². The van der Waals surface area contributed by atoms with Gasteiger partial charge in [0.25, 0.3) is 0 Å². The Kier molecular flexibility index (Phi) is 6.82. The van der Waals surface area contributed by atoms with Crippen molar-refractivity contribution in [2.45, 2.75) is 56.5 Å². The van der Waals surface area contributed by atoms with Gasteiger partial charge in [0, 0.05) is 55.5 Å². The standard InChI is InChI=1S/C29H33F3N6O/c30-29(31,32)23-5-4-14-33-26(23)37-17-10-22-24(11-18-37)35-27(38-15-2-1-3-16-38)36-25(22)34-21-8-6-20(7-9-21)28(19-39)12-13-28/h4-9,14,39H,1-3,10-13,15-19H2,(H,34,35,36). The van der Waals surface area contributed by atoms with Gasteiger partial charge in [0.2, 0.25) is 5.95 Å². The zero-order valence-corrected chi connectivity index (χ0v) is 21.8. The molecular weight excluding hydrogens is 505 g/mol. The number of benzene rings is 1. The lowest BCUT2D eigenvalue weighted by Crippen LogP contribution is -2.31. The monoisotopic (exact) mass is 538 g/mol. The molecule has 39 heavy (non-hydrogen) atoms. The first kappa shape index (κ1) is 25.9. The maximum absolute atomic E-state index is 13.7. The van der Waals surface area contributed by atoms with E-state index in [1.807, 2.05) is 12.1 Å². The number of fused-ring (bicyclic) bond motifs is 1. The number of aromatic nitrogens is 3. The molecule has 7 nitrogen and oxygen atoms in total. The van der Waals surface area contributed by atoms with Crippen LogP contribution in [0.3, 0.4) is 0 Å². The molecule has 2 N–H and O–H groups in total. The zero-order chi connectivity index (χ0) is 27.0. The molecule has 0 atom stereocenters. The van der Waals surface area contributed by atoms with Crippen molar-refractivity contribution in [3.63, 3.8) is 0 Å². The highest BCUT2D eigenvalue weighted by Crippen LogP contribution is 2.48. The number of anilines is 4. The molecule has 206 valence electrons. The van der Waals surface area contributed by atoms with Crippen LogP contribution in [0.25, 0.3) is 0 Å². The molecule has 2 aromatic heterocycles. The van der Waals surface area contributed by atoms with Crippen molar-refractivity contribution in [3.05, 3.63) is 65.0 Å². The number of halogens is 3. The first-order valence-electron chi connectivity index (χ1n) is 13.8. The summed E-state index contributed by atoms with van der Waals surface area (Å²) in [5.74, 6) is 1.34. The number of hydrogen-bond donors (Lipinski definition) is 2. The smallest absolute Gasteiger partial charge is 0.395 e. The second-order valence-corrected chi connectivity index (χ2v) is 10.8. The van der Waals surface area contributed by atoms with Gasteiger partial charge in [-0.1, -0.05) is 12.1 Å². The fourth-order valence-electron chi connectivity index (χ4n) is 5.74. The highest BCUT2D eigenvalue weighted by atomic mass is 19.4. The minimum absolute atomic E-state index is 0.0370. The average molecular weight is 539 g/mol. The number of aliphatic hydroxyl groups excluding tert-OH is 1. The lowest BCUT2D eigenvalue weighted by atomic mass is 9.97. The molecule has 1 aromatic carbocycles. The molecule has 3 aliphatic rings. The Morgan fingerprint density at radius 1 is 0.897 bits per heavy atom. The average Bonchev–Trinajstić information content (AvgIpc) is 3.78. The number of nitrogens with one attached hydrogen (secondary N) is 1. The third-order valence-electron chi connectivity index (χ3n) is 8.28. The van der Waals surface area contributed by atoms with E-state index in [-0.39, 0.29) is 17.8 Å². The molecule has 4 heterocycles. The Labute approximate surface area is 226 Å². The molecule has 0 spiro atoms. The van der Waals surface area contributed by atoms with E-state index in [0.717, 1.165) is 67.3 Å². The normalized spacial score (nSPS) is 18.9. The lowest BCUT2D eigenvalue weighted by Gasteiger charge is -2.28. The molecule has 1 aliphatic carbocycles. The molecule has 0 bridgehead atoms. The van der Waals surface area contributed by atoms with Gasteiger partial charge in [-0.05, 0) is 68.4 Å². The van der Waals surface area contributed by atoms with Gasteiger partial charge in [-0.2, -0.15) is 18.2 Å². The molecule has 2 fully saturated rings. The van der Waals surface area contributed by atoms with E-state index in [1.165, 1.54) is 18.7 Å². The highest BCUT2D eigenvalue weighted by molar-refractivity contribution is 5.63. The Bertz CT molecular complexity index is 1320. The van der Waals surface area contributed by atoms with Crippen LogP contribution in [0, 0.1) is 0 Å². The number of rotatable bonds is 6. The maximum Gasteiger partial charge on any atom is 0.419 e. The van der Waals surface area contributed by atoms with E-state index in [1.54, 1.807) is 4.90 Å². The predicted molar refractivity (Wildman–Crippen MR) is 145 cm³/mol. The second kappa shape index (κ2) is 10.3. The van der Waals surface area contributed by atoms with Gasteiger partial charge in [-0.25, -0.2) is 9.97 Å². The lowest BCUT2D eigenvalue weighted by molar-refractivity contribution is -0.137. The molecule has 0 radical (unpaired) electrons. The van der Waals surface area contributed by atoms with Crippen LogP contribution >= 0.6 is 0 Å². The topological polar surface area (TPSA) is 77.4 Å². The van der Waals surface area contributed by atoms with E-state index in [9.17, 15) is 18.3 Å². The summed E-state index contributed by atoms with van der Waals surface area (Å²) in [5, 5.41) is 13.3. The minimum atomic E-state index is -4.47. The van der Waals surface area contributed by atoms with Crippen LogP contribution in [-0.2, 0) is 24.4 Å². The first-order valence-corrected chi connectivity index (χ1v) is 13.8. The fraction of sp³-hybridized carbons (Fsp3) is 0.483. The number of piperidine rings is 1. The van der Waals surface area contributed by atoms with Crippen LogP contribution in [0.1, 0.15) is 54.5 Å². The molecule has 1 saturated carbocycles. The van der Waals surface area contributed by atoms with Crippen LogP contribution in [-0.4, -0.2) is 52.8 Å². The summed E-state index contributed by atoms with van der Waals surface area (Å²) in [4.78, 5) is 17.9. The Morgan fingerprint density at radius 3 is 2.33 bits per heavy atom. The van der Waals surface area contributed by atoms with E-state index in [2.05, 4.69) is 27.3 Å². The van der Waals surface area contributed by atoms with E-state index < -0.39 is 11.7 Å². The van der Waals surface area contributed by atoms with E-state index in [0.29, 0.717) is 37.7 Å². The van der Waals surface area contributed by atoms with Gasteiger partial charge in [0.15, 0.2) is 0 Å². The maximum atomic E-state index is 13.7. The number of pyridine rings is 1. The second-order valence-electron chi connectivity index (χ2n) is 10.8. The predicted octanol–water partition coefficient (Wildman–Crippen LogP) is 5.25. The van der Waals surface area contributed by atoms with Crippen molar-refractivity contribution in [1.29, 1.82) is 0 Å². The summed E-state index contributed by atoms with van der Waals surface area (Å²) in [6, 6.07) is 10.5. The van der Waals surface area contributed by atoms with Gasteiger partial charge < -0.3 is 20.2 Å². The summed E-state index contributed by atoms with van der Waals surface area (Å²) in [6.07, 6.45) is 3.30. The minimum Gasteiger partial charge on any atom is -0.395 e. The largest absolute Gasteiger partial charge is 0.419 e. The molecule has 10 heteroatoms. The van der Waals surface area contributed by atoms with Crippen molar-refractivity contribution in [2.24, 2.45) is 0 Å². The van der Waals surface area contributed by atoms with Gasteiger partial charge in [-0.3, -0.25) is 0 Å². The Hall–Kier alpha value is -3.40. The molecule has 6 rings (SSSR count). The summed E-state index contributed by atoms with van der Waals surface area (Å²) < 4.78 is 41.2. The summed E-state index contributed by atoms with van der Waals surface area (Å²) >= 11 is 0. The summed E-state index contributed by atoms with van der Waals surface area (Å²) in [5.41, 5.74) is 3.00. The first-order chi connectivity index (χ1) is 18.9. The quantitative estimate of drug-likeness (QED) is 0.444. The molecule has 3 aromatic rings. The van der Waals surface area contributed by atoms with Crippen LogP contribution in [0.5, 0.6) is 0 Å². The van der Waals surface area contributed by atoms with E-state index in [4.69, 9.17) is 9.97 Å². The molecule has 1 saturated heterocycles. The van der Waals surface area contributed by atoms with Gasteiger partial charge in [0.05, 0.1) is 17.9 Å². The van der Waals surface area contributed by atoms with Gasteiger partial charge >= 0.3 is 6.18 Å². The Morgan fingerprint density at radius 2 is 1.64 bits per heavy atom. The van der Waals surface area contributed by atoms with Crippen LogP contribution in [0.15, 0.2) is 42.6 Å². The molecule has 0 amide bonds. The number of nitrogens with zero attached hydrogens (tertiary/aromatic N) is 5. The van der Waals surface area contributed by atoms with Gasteiger partial charge in [0.1, 0.15) is 11.6 Å². The number of aliphatic hydroxyl groups is 1. The summed E-state index contributed by atoms with van der Waals surface area (Å²) in [6.45, 7) is 2.71. The van der Waals surface area contributed by atoms with Crippen molar-refractivity contribution < 1.29 is 18.3 Å². The van der Waals surface area contributed by atoms with Gasteiger partial charge in [-0.15, -0.1) is 0 Å². The summed E-state index contributed by atoms with van der Waals surface area (Å²) in [7, 11) is 0. The molecular formula is C29H33F3N6O. The SMILES string of the molecule is OCC1(c2ccc(Nc3nc(N4CCCCC4)nc4c3CCN(c3ncccc3C(F)(F)F)CC4)cc2)CC1. The number of alkyl halides is 3. The molecule has 0 unspecified atom stereocenters. The molecule has 2 aliphatic heterocycles. The highest BCUT2D eigenvalue weighted by Gasteiger charge is 2.43. The third-order valence-corrected chi connectivity index (χ3v) is 8.28. The van der Waals surface area contributed by atoms with Crippen LogP contribution in [0.4, 0.5) is 36.4 Å². The third kappa shape index (κ3) is 5.26. The number of hydrogen-bond acceptors (Lipinski definition) is 7. The van der Waals surface area contributed by atoms with Crippen LogP contribution < -0.4 is 15.1 Å². The zero-order valence-electron chi connectivity index (χ0n) is 21.8. The fourth-order valence-corrected chi connectivity index (χ4v) is 5.74.